The van der Waals surface area contributed by atoms with Gasteiger partial charge in [-0.2, -0.15) is 0 Å². The molecule has 0 bridgehead atoms. The van der Waals surface area contributed by atoms with Gasteiger partial charge in [-0.1, -0.05) is 6.92 Å². The maximum absolute atomic E-state index is 13.6. The second-order valence-electron chi connectivity index (χ2n) is 4.78. The monoisotopic (exact) mass is 303 g/mol. The number of nitrogens with one attached hydrogen (secondary N) is 1. The molecule has 0 amide bonds. The van der Waals surface area contributed by atoms with E-state index in [1.165, 1.54) is 31.0 Å². The molecule has 0 spiro atoms. The first kappa shape index (κ1) is 16.9. The zero-order valence-corrected chi connectivity index (χ0v) is 12.8. The van der Waals surface area contributed by atoms with E-state index in [1.54, 1.807) is 14.0 Å². The second-order valence-corrected chi connectivity index (χ2v) is 6.26. The molecule has 1 aromatic rings. The Balaban J connectivity index is 2.76. The van der Waals surface area contributed by atoms with Crippen molar-refractivity contribution in [2.75, 3.05) is 14.2 Å². The Morgan fingerprint density at radius 3 is 2.65 bits per heavy atom. The van der Waals surface area contributed by atoms with E-state index < -0.39 is 17.2 Å². The van der Waals surface area contributed by atoms with Crippen molar-refractivity contribution in [2.24, 2.45) is 0 Å². The van der Waals surface area contributed by atoms with Gasteiger partial charge in [0.15, 0.2) is 0 Å². The molecule has 0 fully saturated rings. The van der Waals surface area contributed by atoms with E-state index in [1.807, 2.05) is 6.92 Å². The summed E-state index contributed by atoms with van der Waals surface area (Å²) < 4.78 is 31.2. The quantitative estimate of drug-likeness (QED) is 0.648. The lowest BCUT2D eigenvalue weighted by Gasteiger charge is -2.28. The van der Waals surface area contributed by atoms with E-state index >= 15 is 0 Å². The summed E-state index contributed by atoms with van der Waals surface area (Å²) in [5.41, 5.74) is -0.836. The van der Waals surface area contributed by atoms with Crippen LogP contribution in [0.2, 0.25) is 0 Å². The largest absolute Gasteiger partial charge is 0.468 e. The van der Waals surface area contributed by atoms with E-state index in [0.29, 0.717) is 11.3 Å². The number of hydrogen-bond acceptors (Lipinski definition) is 4. The molecule has 0 heterocycles. The lowest BCUT2D eigenvalue weighted by molar-refractivity contribution is -0.147. The van der Waals surface area contributed by atoms with Crippen LogP contribution in [0.15, 0.2) is 23.1 Å². The van der Waals surface area contributed by atoms with Crippen LogP contribution in [-0.2, 0) is 9.53 Å². The minimum Gasteiger partial charge on any atom is -0.468 e. The van der Waals surface area contributed by atoms with Crippen molar-refractivity contribution in [3.05, 3.63) is 29.8 Å². The van der Waals surface area contributed by atoms with E-state index in [2.05, 4.69) is 5.32 Å². The van der Waals surface area contributed by atoms with Crippen molar-refractivity contribution in [3.8, 4) is 0 Å². The summed E-state index contributed by atoms with van der Waals surface area (Å²) >= 11 is 1.26. The highest BCUT2D eigenvalue weighted by Gasteiger charge is 2.34. The Labute approximate surface area is 122 Å². The lowest BCUT2D eigenvalue weighted by atomic mass is 9.96. The molecule has 0 saturated carbocycles. The minimum absolute atomic E-state index is 0.0495. The fourth-order valence-corrected chi connectivity index (χ4v) is 3.09. The summed E-state index contributed by atoms with van der Waals surface area (Å²) in [4.78, 5) is 12.1. The molecule has 112 valence electrons. The summed E-state index contributed by atoms with van der Waals surface area (Å²) in [6.45, 7) is 3.61. The maximum atomic E-state index is 13.6. The van der Waals surface area contributed by atoms with Crippen molar-refractivity contribution in [2.45, 2.75) is 36.0 Å². The average molecular weight is 303 g/mol. The van der Waals surface area contributed by atoms with Gasteiger partial charge < -0.3 is 10.1 Å². The SMILES string of the molecule is CNC(C)(CC(C)Sc1ccc(F)cc1F)C(=O)OC. The molecule has 2 atom stereocenters. The van der Waals surface area contributed by atoms with Crippen molar-refractivity contribution in [1.82, 2.24) is 5.32 Å². The number of ether oxygens (including phenoxy) is 1. The van der Waals surface area contributed by atoms with Gasteiger partial charge in [-0.15, -0.1) is 11.8 Å². The highest BCUT2D eigenvalue weighted by Crippen LogP contribution is 2.31. The standard InChI is InChI=1S/C14H19F2NO2S/c1-9(8-14(2,17-3)13(18)19-4)20-12-6-5-10(15)7-11(12)16/h5-7,9,17H,8H2,1-4H3. The molecule has 1 aromatic carbocycles. The molecule has 1 rings (SSSR count). The molecular formula is C14H19F2NO2S. The molecule has 1 N–H and O–H groups in total. The normalized spacial score (nSPS) is 15.5. The summed E-state index contributed by atoms with van der Waals surface area (Å²) in [7, 11) is 3.00. The maximum Gasteiger partial charge on any atom is 0.325 e. The number of carbonyl (C=O) groups is 1. The number of carbonyl (C=O) groups excluding carboxylic acids is 1. The summed E-state index contributed by atoms with van der Waals surface area (Å²) in [5.74, 6) is -1.56. The Hall–Kier alpha value is -1.14. The Bertz CT molecular complexity index is 484. The predicted octanol–water partition coefficient (Wildman–Crippen LogP) is 2.99. The number of halogens is 2. The molecule has 0 saturated heterocycles. The molecule has 0 aliphatic carbocycles. The number of likely N-dealkylation sites (N-methyl/N-ethyl adjacent to an activating group) is 1. The smallest absolute Gasteiger partial charge is 0.325 e. The van der Waals surface area contributed by atoms with Gasteiger partial charge in [-0.05, 0) is 32.5 Å². The van der Waals surface area contributed by atoms with Gasteiger partial charge in [0.1, 0.15) is 17.2 Å². The Morgan fingerprint density at radius 1 is 1.50 bits per heavy atom. The van der Waals surface area contributed by atoms with Crippen LogP contribution in [0.4, 0.5) is 8.78 Å². The van der Waals surface area contributed by atoms with Crippen LogP contribution in [0, 0.1) is 11.6 Å². The number of rotatable bonds is 6. The second kappa shape index (κ2) is 7.04. The van der Waals surface area contributed by atoms with Gasteiger partial charge in [0.05, 0.1) is 7.11 Å². The summed E-state index contributed by atoms with van der Waals surface area (Å²) in [5, 5.41) is 2.88. The minimum atomic E-state index is -0.836. The first-order chi connectivity index (χ1) is 9.32. The first-order valence-electron chi connectivity index (χ1n) is 6.21. The average Bonchev–Trinajstić information content (AvgIpc) is 2.40. The van der Waals surface area contributed by atoms with Crippen LogP contribution in [0.25, 0.3) is 0 Å². The Morgan fingerprint density at radius 2 is 2.15 bits per heavy atom. The molecule has 0 aromatic heterocycles. The molecule has 2 unspecified atom stereocenters. The molecule has 3 nitrogen and oxygen atoms in total. The van der Waals surface area contributed by atoms with Gasteiger partial charge in [0.25, 0.3) is 0 Å². The summed E-state index contributed by atoms with van der Waals surface area (Å²) in [6, 6.07) is 3.48. The van der Waals surface area contributed by atoms with Crippen LogP contribution in [0.3, 0.4) is 0 Å². The van der Waals surface area contributed by atoms with Gasteiger partial charge in [0.2, 0.25) is 0 Å². The van der Waals surface area contributed by atoms with Crippen molar-refractivity contribution >= 4 is 17.7 Å². The third-order valence-electron chi connectivity index (χ3n) is 3.11. The molecular weight excluding hydrogens is 284 g/mol. The van der Waals surface area contributed by atoms with E-state index in [0.717, 1.165) is 6.07 Å². The summed E-state index contributed by atoms with van der Waals surface area (Å²) in [6.07, 6.45) is 0.456. The number of thioether (sulfide) groups is 1. The van der Waals surface area contributed by atoms with Crippen LogP contribution in [-0.4, -0.2) is 30.9 Å². The fourth-order valence-electron chi connectivity index (χ4n) is 1.92. The number of esters is 1. The molecule has 0 radical (unpaired) electrons. The van der Waals surface area contributed by atoms with Crippen molar-refractivity contribution in [1.29, 1.82) is 0 Å². The van der Waals surface area contributed by atoms with Gasteiger partial charge in [-0.3, -0.25) is 4.79 Å². The zero-order valence-electron chi connectivity index (χ0n) is 12.0. The molecule has 0 aliphatic heterocycles. The zero-order chi connectivity index (χ0) is 15.3. The van der Waals surface area contributed by atoms with Crippen LogP contribution < -0.4 is 5.32 Å². The lowest BCUT2D eigenvalue weighted by Crippen LogP contribution is -2.49. The van der Waals surface area contributed by atoms with Crippen LogP contribution in [0.5, 0.6) is 0 Å². The van der Waals surface area contributed by atoms with Crippen molar-refractivity contribution in [3.63, 3.8) is 0 Å². The van der Waals surface area contributed by atoms with Crippen LogP contribution >= 0.6 is 11.8 Å². The molecule has 20 heavy (non-hydrogen) atoms. The fraction of sp³-hybridized carbons (Fsp3) is 0.500. The first-order valence-corrected chi connectivity index (χ1v) is 7.09. The van der Waals surface area contributed by atoms with E-state index in [4.69, 9.17) is 4.74 Å². The van der Waals surface area contributed by atoms with Crippen molar-refractivity contribution < 1.29 is 18.3 Å². The van der Waals surface area contributed by atoms with Gasteiger partial charge in [-0.25, -0.2) is 8.78 Å². The number of methoxy groups -OCH3 is 1. The Kier molecular flexibility index (Phi) is 5.95. The molecule has 0 aliphatic rings. The van der Waals surface area contributed by atoms with Gasteiger partial charge in [0, 0.05) is 16.2 Å². The van der Waals surface area contributed by atoms with E-state index in [9.17, 15) is 13.6 Å². The number of benzene rings is 1. The number of hydrogen-bond donors (Lipinski definition) is 1. The third kappa shape index (κ3) is 4.18. The third-order valence-corrected chi connectivity index (χ3v) is 4.26. The topological polar surface area (TPSA) is 38.3 Å². The predicted molar refractivity (Wildman–Crippen MR) is 75.8 cm³/mol. The van der Waals surface area contributed by atoms with Gasteiger partial charge >= 0.3 is 5.97 Å². The molecule has 6 heteroatoms. The van der Waals surface area contributed by atoms with E-state index in [-0.39, 0.29) is 11.2 Å². The highest BCUT2D eigenvalue weighted by atomic mass is 32.2. The van der Waals surface area contributed by atoms with Crippen LogP contribution in [0.1, 0.15) is 20.3 Å². The highest BCUT2D eigenvalue weighted by molar-refractivity contribution is 8.00.